The van der Waals surface area contributed by atoms with Crippen molar-refractivity contribution in [3.8, 4) is 0 Å². The Bertz CT molecular complexity index is 925. The Morgan fingerprint density at radius 3 is 2.55 bits per heavy atom. The first-order valence-corrected chi connectivity index (χ1v) is 10.1. The molecule has 1 aliphatic carbocycles. The number of likely N-dealkylation sites (tertiary alicyclic amines) is 1. The number of rotatable bonds is 9. The number of nitrogens with zero attached hydrogens (tertiary/aromatic N) is 2. The largest absolute Gasteiger partial charge is 0.417 e. The van der Waals surface area contributed by atoms with Crippen molar-refractivity contribution in [1.29, 1.82) is 0 Å². The number of aromatic nitrogens is 1. The summed E-state index contributed by atoms with van der Waals surface area (Å²) < 4.78 is 40.3. The van der Waals surface area contributed by atoms with Crippen LogP contribution in [0.3, 0.4) is 0 Å². The van der Waals surface area contributed by atoms with Crippen molar-refractivity contribution >= 4 is 29.3 Å². The highest BCUT2D eigenvalue weighted by molar-refractivity contribution is 5.82. The Morgan fingerprint density at radius 1 is 1.32 bits per heavy atom. The lowest BCUT2D eigenvalue weighted by Crippen LogP contribution is -2.55. The highest BCUT2D eigenvalue weighted by Crippen LogP contribution is 2.36. The van der Waals surface area contributed by atoms with E-state index >= 15 is 0 Å². The predicted octanol–water partition coefficient (Wildman–Crippen LogP) is 3.71. The van der Waals surface area contributed by atoms with Crippen molar-refractivity contribution < 1.29 is 18.0 Å². The molecule has 8 heteroatoms. The van der Waals surface area contributed by atoms with Crippen LogP contribution in [0.15, 0.2) is 31.9 Å². The standard InChI is InChI=1S/C23H27F3N4O/c1-5-19-20(15(3)28-18-12-30(4)13-18)11-17(29-21(19)14(2)23(24,25)26)7-6-10-27-22(31)16-8-9-16/h5-7,11,16,18,28H,1-3,8-10,12-13H2,4H3,(H,27,31)/b7-6+. The molecule has 0 bridgehead atoms. The zero-order chi connectivity index (χ0) is 22.8. The highest BCUT2D eigenvalue weighted by atomic mass is 19.4. The molecule has 0 radical (unpaired) electrons. The Balaban J connectivity index is 1.88. The van der Waals surface area contributed by atoms with Crippen LogP contribution in [0, 0.1) is 5.92 Å². The van der Waals surface area contributed by atoms with Crippen molar-refractivity contribution in [3.63, 3.8) is 0 Å². The maximum atomic E-state index is 13.4. The monoisotopic (exact) mass is 432 g/mol. The lowest BCUT2D eigenvalue weighted by molar-refractivity contribution is -0.122. The van der Waals surface area contributed by atoms with Gasteiger partial charge in [-0.05, 0) is 32.0 Å². The lowest BCUT2D eigenvalue weighted by atomic mass is 9.97. The number of carbonyl (C=O) groups excluding carboxylic acids is 1. The van der Waals surface area contributed by atoms with Gasteiger partial charge in [0.25, 0.3) is 0 Å². The van der Waals surface area contributed by atoms with Gasteiger partial charge in [-0.25, -0.2) is 4.98 Å². The molecule has 1 aromatic heterocycles. The molecule has 1 saturated heterocycles. The highest BCUT2D eigenvalue weighted by Gasteiger charge is 2.36. The summed E-state index contributed by atoms with van der Waals surface area (Å²) in [7, 11) is 1.98. The van der Waals surface area contributed by atoms with E-state index in [4.69, 9.17) is 0 Å². The minimum absolute atomic E-state index is 0.00511. The molecule has 1 amide bonds. The maximum absolute atomic E-state index is 13.4. The van der Waals surface area contributed by atoms with Crippen molar-refractivity contribution in [1.82, 2.24) is 20.5 Å². The fourth-order valence-corrected chi connectivity index (χ4v) is 3.42. The summed E-state index contributed by atoms with van der Waals surface area (Å²) in [5.74, 6) is 0.0844. The third kappa shape index (κ3) is 5.64. The van der Waals surface area contributed by atoms with Crippen LogP contribution in [0.5, 0.6) is 0 Å². The van der Waals surface area contributed by atoms with Crippen LogP contribution in [0.1, 0.15) is 35.4 Å². The van der Waals surface area contributed by atoms with Crippen molar-refractivity contribution in [2.45, 2.75) is 25.1 Å². The van der Waals surface area contributed by atoms with E-state index in [-0.39, 0.29) is 35.7 Å². The van der Waals surface area contributed by atoms with E-state index in [1.807, 2.05) is 7.05 Å². The fraction of sp³-hybridized carbons (Fsp3) is 0.391. The molecule has 0 aromatic carbocycles. The molecular weight excluding hydrogens is 405 g/mol. The van der Waals surface area contributed by atoms with E-state index in [2.05, 4.69) is 40.3 Å². The summed E-state index contributed by atoms with van der Waals surface area (Å²) in [5.41, 5.74) is 0.208. The first kappa shape index (κ1) is 22.8. The Hall–Kier alpha value is -2.87. The summed E-state index contributed by atoms with van der Waals surface area (Å²) >= 11 is 0. The van der Waals surface area contributed by atoms with Gasteiger partial charge < -0.3 is 15.5 Å². The smallest absolute Gasteiger partial charge is 0.380 e. The van der Waals surface area contributed by atoms with Crippen molar-refractivity contribution in [2.75, 3.05) is 26.7 Å². The molecule has 0 unspecified atom stereocenters. The lowest BCUT2D eigenvalue weighted by Gasteiger charge is -2.38. The number of hydrogen-bond donors (Lipinski definition) is 2. The molecule has 1 aromatic rings. The second kappa shape index (κ2) is 9.09. The fourth-order valence-electron chi connectivity index (χ4n) is 3.42. The van der Waals surface area contributed by atoms with Crippen molar-refractivity contribution in [2.24, 2.45) is 5.92 Å². The number of pyridine rings is 1. The van der Waals surface area contributed by atoms with Gasteiger partial charge in [0.15, 0.2) is 0 Å². The number of nitrogens with one attached hydrogen (secondary N) is 2. The molecule has 5 nitrogen and oxygen atoms in total. The van der Waals surface area contributed by atoms with Crippen LogP contribution >= 0.6 is 0 Å². The number of amides is 1. The van der Waals surface area contributed by atoms with E-state index in [1.165, 1.54) is 6.08 Å². The van der Waals surface area contributed by atoms with Gasteiger partial charge in [-0.2, -0.15) is 13.2 Å². The zero-order valence-corrected chi connectivity index (χ0v) is 17.6. The van der Waals surface area contributed by atoms with Gasteiger partial charge in [-0.1, -0.05) is 31.9 Å². The maximum Gasteiger partial charge on any atom is 0.417 e. The molecule has 0 spiro atoms. The van der Waals surface area contributed by atoms with Crippen LogP contribution in [0.4, 0.5) is 13.2 Å². The number of alkyl halides is 3. The number of halogens is 3. The third-order valence-electron chi connectivity index (χ3n) is 5.31. The number of allylic oxidation sites excluding steroid dienone is 1. The van der Waals surface area contributed by atoms with Gasteiger partial charge in [0, 0.05) is 42.4 Å². The van der Waals surface area contributed by atoms with Crippen molar-refractivity contribution in [3.05, 3.63) is 54.4 Å². The topological polar surface area (TPSA) is 57.3 Å². The zero-order valence-electron chi connectivity index (χ0n) is 17.6. The number of hydrogen-bond acceptors (Lipinski definition) is 4. The van der Waals surface area contributed by atoms with Crippen LogP contribution in [-0.2, 0) is 4.79 Å². The van der Waals surface area contributed by atoms with Gasteiger partial charge in [-0.3, -0.25) is 4.79 Å². The van der Waals surface area contributed by atoms with Gasteiger partial charge in [0.2, 0.25) is 5.91 Å². The summed E-state index contributed by atoms with van der Waals surface area (Å²) in [6, 6.07) is 1.84. The first-order chi connectivity index (χ1) is 14.6. The molecule has 1 saturated carbocycles. The second-order valence-electron chi connectivity index (χ2n) is 8.00. The van der Waals surface area contributed by atoms with E-state index in [0.29, 0.717) is 17.0 Å². The van der Waals surface area contributed by atoms with Gasteiger partial charge >= 0.3 is 6.18 Å². The molecule has 2 heterocycles. The molecule has 31 heavy (non-hydrogen) atoms. The van der Waals surface area contributed by atoms with Gasteiger partial charge in [0.05, 0.1) is 23.0 Å². The minimum Gasteiger partial charge on any atom is -0.380 e. The SMILES string of the molecule is C=Cc1c(C(=C)NC2CN(C)C2)cc(/C=C/CNC(=O)C2CC2)nc1C(=C)C(F)(F)F. The molecule has 2 N–H and O–H groups in total. The normalized spacial score (nSPS) is 17.3. The minimum atomic E-state index is -4.63. The third-order valence-corrected chi connectivity index (χ3v) is 5.31. The summed E-state index contributed by atoms with van der Waals surface area (Å²) in [6.07, 6.45) is 1.76. The quantitative estimate of drug-likeness (QED) is 0.625. The van der Waals surface area contributed by atoms with Gasteiger partial charge in [-0.15, -0.1) is 0 Å². The Labute approximate surface area is 180 Å². The Kier molecular flexibility index (Phi) is 6.69. The van der Waals surface area contributed by atoms with E-state index in [9.17, 15) is 18.0 Å². The summed E-state index contributed by atoms with van der Waals surface area (Å²) in [5, 5.41) is 6.05. The first-order valence-electron chi connectivity index (χ1n) is 10.1. The number of likely N-dealkylation sites (N-methyl/N-ethyl adjacent to an activating group) is 1. The van der Waals surface area contributed by atoms with Gasteiger partial charge in [0.1, 0.15) is 0 Å². The van der Waals surface area contributed by atoms with Crippen LogP contribution < -0.4 is 10.6 Å². The van der Waals surface area contributed by atoms with Crippen LogP contribution in [0.2, 0.25) is 0 Å². The molecule has 3 rings (SSSR count). The molecule has 1 aliphatic heterocycles. The predicted molar refractivity (Wildman–Crippen MR) is 118 cm³/mol. The average Bonchev–Trinajstić information content (AvgIpc) is 3.53. The van der Waals surface area contributed by atoms with Crippen LogP contribution in [0.25, 0.3) is 23.4 Å². The molecule has 166 valence electrons. The average molecular weight is 432 g/mol. The number of carbonyl (C=O) groups is 1. The molecule has 2 fully saturated rings. The summed E-state index contributed by atoms with van der Waals surface area (Å²) in [4.78, 5) is 18.0. The Morgan fingerprint density at radius 2 is 2.00 bits per heavy atom. The second-order valence-corrected chi connectivity index (χ2v) is 8.00. The molecule has 0 atom stereocenters. The van der Waals surface area contributed by atoms with Crippen LogP contribution in [-0.4, -0.2) is 54.7 Å². The molecular formula is C23H27F3N4O. The molecule has 2 aliphatic rings. The van der Waals surface area contributed by atoms with E-state index in [1.54, 1.807) is 18.2 Å². The summed E-state index contributed by atoms with van der Waals surface area (Å²) in [6.45, 7) is 12.9. The van der Waals surface area contributed by atoms with E-state index in [0.717, 1.165) is 25.9 Å². The van der Waals surface area contributed by atoms with E-state index < -0.39 is 11.7 Å².